The smallest absolute Gasteiger partial charge is 0.319 e. The van der Waals surface area contributed by atoms with Gasteiger partial charge >= 0.3 is 6.03 Å². The largest absolute Gasteiger partial charge is 0.497 e. The van der Waals surface area contributed by atoms with Gasteiger partial charge in [0.1, 0.15) is 11.5 Å². The first kappa shape index (κ1) is 19.0. The maximum atomic E-state index is 13.1. The van der Waals surface area contributed by atoms with Gasteiger partial charge in [0, 0.05) is 35.6 Å². The molecule has 0 saturated carbocycles. The molecule has 0 unspecified atom stereocenters. The molecular formula is C17H17F2N3O4. The van der Waals surface area contributed by atoms with Crippen LogP contribution >= 0.6 is 0 Å². The van der Waals surface area contributed by atoms with E-state index < -0.39 is 23.6 Å². The van der Waals surface area contributed by atoms with Gasteiger partial charge in [-0.3, -0.25) is 4.79 Å². The summed E-state index contributed by atoms with van der Waals surface area (Å²) >= 11 is 0. The summed E-state index contributed by atoms with van der Waals surface area (Å²) in [6.07, 6.45) is 0. The van der Waals surface area contributed by atoms with Gasteiger partial charge in [0.25, 0.3) is 0 Å². The molecule has 0 fully saturated rings. The number of carbonyl (C=O) groups excluding carboxylic acids is 2. The highest BCUT2D eigenvalue weighted by Gasteiger charge is 2.09. The molecule has 0 atom stereocenters. The molecule has 0 spiro atoms. The number of urea groups is 1. The van der Waals surface area contributed by atoms with Crippen LogP contribution in [0.2, 0.25) is 0 Å². The zero-order valence-corrected chi connectivity index (χ0v) is 14.1. The van der Waals surface area contributed by atoms with Gasteiger partial charge in [-0.1, -0.05) is 0 Å². The predicted molar refractivity (Wildman–Crippen MR) is 91.6 cm³/mol. The number of methoxy groups -OCH3 is 2. The minimum absolute atomic E-state index is 0.0774. The first-order chi connectivity index (χ1) is 12.4. The molecule has 26 heavy (non-hydrogen) atoms. The van der Waals surface area contributed by atoms with Crippen LogP contribution in [0.5, 0.6) is 11.5 Å². The number of hydrogen-bond acceptors (Lipinski definition) is 4. The van der Waals surface area contributed by atoms with Crippen LogP contribution in [0.15, 0.2) is 36.4 Å². The van der Waals surface area contributed by atoms with Gasteiger partial charge in [-0.15, -0.1) is 0 Å². The standard InChI is InChI=1S/C17H17F2N3O4/c1-25-12-5-11(6-13(8-12)26-2)22-17(24)20-9-16(23)21-10-3-4-14(18)15(19)7-10/h3-8H,9H2,1-2H3,(H,21,23)(H2,20,22,24). The Hall–Kier alpha value is -3.36. The summed E-state index contributed by atoms with van der Waals surface area (Å²) in [6.45, 7) is -0.369. The Balaban J connectivity index is 1.88. The van der Waals surface area contributed by atoms with E-state index in [1.165, 1.54) is 20.3 Å². The summed E-state index contributed by atoms with van der Waals surface area (Å²) in [7, 11) is 2.95. The van der Waals surface area contributed by atoms with E-state index in [2.05, 4.69) is 16.0 Å². The second-order valence-electron chi connectivity index (χ2n) is 5.09. The summed E-state index contributed by atoms with van der Waals surface area (Å²) in [5, 5.41) is 7.21. The Morgan fingerprint density at radius 2 is 1.54 bits per heavy atom. The van der Waals surface area contributed by atoms with Gasteiger partial charge in [-0.2, -0.15) is 0 Å². The molecule has 3 amide bonds. The molecular weight excluding hydrogens is 348 g/mol. The average Bonchev–Trinajstić information content (AvgIpc) is 2.62. The number of amides is 3. The summed E-state index contributed by atoms with van der Waals surface area (Å²) < 4.78 is 36.1. The van der Waals surface area contributed by atoms with Crippen LogP contribution in [-0.2, 0) is 4.79 Å². The number of benzene rings is 2. The minimum Gasteiger partial charge on any atom is -0.497 e. The van der Waals surface area contributed by atoms with Crippen molar-refractivity contribution in [3.8, 4) is 11.5 Å². The second-order valence-corrected chi connectivity index (χ2v) is 5.09. The van der Waals surface area contributed by atoms with Crippen molar-refractivity contribution in [2.75, 3.05) is 31.4 Å². The van der Waals surface area contributed by atoms with Gasteiger partial charge in [0.2, 0.25) is 5.91 Å². The van der Waals surface area contributed by atoms with E-state index in [0.717, 1.165) is 12.1 Å². The highest BCUT2D eigenvalue weighted by atomic mass is 19.2. The molecule has 0 radical (unpaired) electrons. The van der Waals surface area contributed by atoms with Gasteiger partial charge in [0.15, 0.2) is 11.6 Å². The number of hydrogen-bond donors (Lipinski definition) is 3. The number of carbonyl (C=O) groups is 2. The minimum atomic E-state index is -1.08. The van der Waals surface area contributed by atoms with E-state index >= 15 is 0 Å². The highest BCUT2D eigenvalue weighted by molar-refractivity contribution is 5.97. The third-order valence-corrected chi connectivity index (χ3v) is 3.22. The molecule has 2 aromatic rings. The Kier molecular flexibility index (Phi) is 6.31. The van der Waals surface area contributed by atoms with Gasteiger partial charge in [-0.25, -0.2) is 13.6 Å². The lowest BCUT2D eigenvalue weighted by Crippen LogP contribution is -2.35. The Morgan fingerprint density at radius 3 is 2.12 bits per heavy atom. The van der Waals surface area contributed by atoms with E-state index in [1.54, 1.807) is 18.2 Å². The number of anilines is 2. The van der Waals surface area contributed by atoms with Crippen LogP contribution < -0.4 is 25.4 Å². The zero-order chi connectivity index (χ0) is 19.1. The van der Waals surface area contributed by atoms with Crippen molar-refractivity contribution in [2.24, 2.45) is 0 Å². The van der Waals surface area contributed by atoms with Gasteiger partial charge in [0.05, 0.1) is 20.8 Å². The molecule has 3 N–H and O–H groups in total. The average molecular weight is 365 g/mol. The molecule has 0 heterocycles. The molecule has 0 saturated heterocycles. The van der Waals surface area contributed by atoms with Crippen LogP contribution in [0.1, 0.15) is 0 Å². The van der Waals surface area contributed by atoms with Gasteiger partial charge < -0.3 is 25.4 Å². The van der Waals surface area contributed by atoms with E-state index in [-0.39, 0.29) is 12.2 Å². The van der Waals surface area contributed by atoms with Gasteiger partial charge in [-0.05, 0) is 12.1 Å². The Labute approximate surface area is 148 Å². The second kappa shape index (κ2) is 8.65. The summed E-state index contributed by atoms with van der Waals surface area (Å²) in [4.78, 5) is 23.6. The van der Waals surface area contributed by atoms with Crippen molar-refractivity contribution in [3.63, 3.8) is 0 Å². The van der Waals surface area contributed by atoms with Crippen LogP contribution in [0.3, 0.4) is 0 Å². The summed E-state index contributed by atoms with van der Waals surface area (Å²) in [6, 6.07) is 7.09. The summed E-state index contributed by atoms with van der Waals surface area (Å²) in [5.41, 5.74) is 0.480. The third kappa shape index (κ3) is 5.33. The molecule has 0 aliphatic carbocycles. The first-order valence-corrected chi connectivity index (χ1v) is 7.44. The monoisotopic (exact) mass is 365 g/mol. The molecule has 138 valence electrons. The van der Waals surface area contributed by atoms with E-state index in [0.29, 0.717) is 17.2 Å². The van der Waals surface area contributed by atoms with Crippen LogP contribution in [0.25, 0.3) is 0 Å². The van der Waals surface area contributed by atoms with Crippen LogP contribution in [-0.4, -0.2) is 32.7 Å². The lowest BCUT2D eigenvalue weighted by atomic mass is 10.3. The van der Waals surface area contributed by atoms with Crippen LogP contribution in [0, 0.1) is 11.6 Å². The van der Waals surface area contributed by atoms with Crippen molar-refractivity contribution < 1.29 is 27.8 Å². The lowest BCUT2D eigenvalue weighted by Gasteiger charge is -2.11. The SMILES string of the molecule is COc1cc(NC(=O)NCC(=O)Nc2ccc(F)c(F)c2)cc(OC)c1. The van der Waals surface area contributed by atoms with Crippen LogP contribution in [0.4, 0.5) is 25.0 Å². The fourth-order valence-electron chi connectivity index (χ4n) is 1.99. The maximum absolute atomic E-state index is 13.1. The van der Waals surface area contributed by atoms with Crippen molar-refractivity contribution in [2.45, 2.75) is 0 Å². The lowest BCUT2D eigenvalue weighted by molar-refractivity contribution is -0.115. The number of rotatable bonds is 6. The summed E-state index contributed by atoms with van der Waals surface area (Å²) in [5.74, 6) is -1.74. The fourth-order valence-corrected chi connectivity index (χ4v) is 1.99. The molecule has 0 aliphatic heterocycles. The van der Waals surface area contributed by atoms with E-state index in [9.17, 15) is 18.4 Å². The zero-order valence-electron chi connectivity index (χ0n) is 14.1. The molecule has 7 nitrogen and oxygen atoms in total. The van der Waals surface area contributed by atoms with E-state index in [1.807, 2.05) is 0 Å². The normalized spacial score (nSPS) is 10.0. The fraction of sp³-hybridized carbons (Fsp3) is 0.176. The molecule has 2 rings (SSSR count). The molecule has 0 aromatic heterocycles. The van der Waals surface area contributed by atoms with Crippen molar-refractivity contribution in [1.29, 1.82) is 0 Å². The van der Waals surface area contributed by atoms with E-state index in [4.69, 9.17) is 9.47 Å². The molecule has 2 aromatic carbocycles. The number of nitrogens with one attached hydrogen (secondary N) is 3. The van der Waals surface area contributed by atoms with Crippen molar-refractivity contribution in [3.05, 3.63) is 48.0 Å². The third-order valence-electron chi connectivity index (χ3n) is 3.22. The first-order valence-electron chi connectivity index (χ1n) is 7.44. The number of ether oxygens (including phenoxy) is 2. The Morgan fingerprint density at radius 1 is 0.885 bits per heavy atom. The topological polar surface area (TPSA) is 88.7 Å². The Bertz CT molecular complexity index is 792. The molecule has 0 aliphatic rings. The van der Waals surface area contributed by atoms with Crippen molar-refractivity contribution in [1.82, 2.24) is 5.32 Å². The predicted octanol–water partition coefficient (Wildman–Crippen LogP) is 2.74. The molecule has 0 bridgehead atoms. The number of halogens is 2. The van der Waals surface area contributed by atoms with Crippen molar-refractivity contribution >= 4 is 23.3 Å². The molecule has 9 heteroatoms. The quantitative estimate of drug-likeness (QED) is 0.734. The maximum Gasteiger partial charge on any atom is 0.319 e. The highest BCUT2D eigenvalue weighted by Crippen LogP contribution is 2.25.